The Kier molecular flexibility index (Phi) is 7.06. The second kappa shape index (κ2) is 7.16. The Morgan fingerprint density at radius 1 is 1.29 bits per heavy atom. The molecule has 0 aliphatic rings. The van der Waals surface area contributed by atoms with E-state index in [1.54, 1.807) is 0 Å². The van der Waals surface area contributed by atoms with E-state index in [1.807, 2.05) is 11.8 Å². The maximum absolute atomic E-state index is 11.2. The predicted molar refractivity (Wildman–Crippen MR) is 62.6 cm³/mol. The molecule has 3 heteroatoms. The van der Waals surface area contributed by atoms with Crippen molar-refractivity contribution in [3.63, 3.8) is 0 Å². The fourth-order valence-corrected chi connectivity index (χ4v) is 1.57. The first-order valence-electron chi connectivity index (χ1n) is 5.19. The molecule has 0 amide bonds. The molecule has 0 saturated carbocycles. The topological polar surface area (TPSA) is 26.3 Å². The van der Waals surface area contributed by atoms with E-state index in [0.717, 1.165) is 11.5 Å². The molecule has 0 radical (unpaired) electrons. The van der Waals surface area contributed by atoms with Gasteiger partial charge in [0.25, 0.3) is 0 Å². The minimum atomic E-state index is -0.0662. The third-order valence-electron chi connectivity index (χ3n) is 1.47. The molecule has 0 heterocycles. The highest BCUT2D eigenvalue weighted by Crippen LogP contribution is 2.13. The van der Waals surface area contributed by atoms with Gasteiger partial charge in [-0.1, -0.05) is 27.7 Å². The van der Waals surface area contributed by atoms with Crippen LogP contribution >= 0.6 is 11.8 Å². The molecular weight excluding hydrogens is 196 g/mol. The molecule has 0 aromatic carbocycles. The Labute approximate surface area is 91.8 Å². The van der Waals surface area contributed by atoms with Crippen LogP contribution in [0, 0.1) is 5.41 Å². The number of ether oxygens (including phenoxy) is 1. The first-order chi connectivity index (χ1) is 6.45. The summed E-state index contributed by atoms with van der Waals surface area (Å²) in [5.41, 5.74) is 0.0756. The van der Waals surface area contributed by atoms with Crippen molar-refractivity contribution in [1.29, 1.82) is 0 Å². The molecule has 0 aromatic rings. The molecule has 14 heavy (non-hydrogen) atoms. The Hall–Kier alpha value is -0.180. The lowest BCUT2D eigenvalue weighted by molar-refractivity contribution is -0.145. The summed E-state index contributed by atoms with van der Waals surface area (Å²) < 4.78 is 5.13. The van der Waals surface area contributed by atoms with Crippen LogP contribution in [0.15, 0.2) is 0 Å². The number of carbonyl (C=O) groups is 1. The number of thioether (sulfide) groups is 1. The Morgan fingerprint density at radius 2 is 1.93 bits per heavy atom. The number of hydrogen-bond acceptors (Lipinski definition) is 3. The van der Waals surface area contributed by atoms with Crippen LogP contribution in [0.5, 0.6) is 0 Å². The van der Waals surface area contributed by atoms with Crippen molar-refractivity contribution in [3.8, 4) is 0 Å². The largest absolute Gasteiger partial charge is 0.465 e. The minimum absolute atomic E-state index is 0.0662. The van der Waals surface area contributed by atoms with Gasteiger partial charge >= 0.3 is 5.97 Å². The summed E-state index contributed by atoms with van der Waals surface area (Å²) in [4.78, 5) is 11.2. The molecule has 0 bridgehead atoms. The highest BCUT2D eigenvalue weighted by molar-refractivity contribution is 7.99. The summed E-state index contributed by atoms with van der Waals surface area (Å²) >= 11 is 1.81. The maximum Gasteiger partial charge on any atom is 0.306 e. The summed E-state index contributed by atoms with van der Waals surface area (Å²) in [6.45, 7) is 8.85. The number of carbonyl (C=O) groups excluding carboxylic acids is 1. The number of rotatable bonds is 6. The third-order valence-corrected chi connectivity index (χ3v) is 2.65. The van der Waals surface area contributed by atoms with Crippen molar-refractivity contribution < 1.29 is 9.53 Å². The lowest BCUT2D eigenvalue weighted by atomic mass is 9.99. The molecule has 0 fully saturated rings. The third kappa shape index (κ3) is 9.90. The average molecular weight is 218 g/mol. The van der Waals surface area contributed by atoms with Crippen LogP contribution in [0.4, 0.5) is 0 Å². The van der Waals surface area contributed by atoms with Gasteiger partial charge in [0, 0.05) is 5.75 Å². The van der Waals surface area contributed by atoms with E-state index in [4.69, 9.17) is 4.74 Å². The van der Waals surface area contributed by atoms with Crippen molar-refractivity contribution in [2.75, 3.05) is 18.1 Å². The zero-order valence-corrected chi connectivity index (χ0v) is 10.6. The van der Waals surface area contributed by atoms with Gasteiger partial charge in [-0.05, 0) is 17.6 Å². The van der Waals surface area contributed by atoms with E-state index in [0.29, 0.717) is 13.0 Å². The Morgan fingerprint density at radius 3 is 2.43 bits per heavy atom. The van der Waals surface area contributed by atoms with Gasteiger partial charge in [-0.3, -0.25) is 4.79 Å². The molecule has 2 nitrogen and oxygen atoms in total. The van der Waals surface area contributed by atoms with Gasteiger partial charge in [-0.15, -0.1) is 0 Å². The van der Waals surface area contributed by atoms with Crippen molar-refractivity contribution in [3.05, 3.63) is 0 Å². The van der Waals surface area contributed by atoms with Crippen molar-refractivity contribution in [1.82, 2.24) is 0 Å². The van der Waals surface area contributed by atoms with Crippen molar-refractivity contribution in [2.24, 2.45) is 5.41 Å². The van der Waals surface area contributed by atoms with Gasteiger partial charge in [0.05, 0.1) is 13.0 Å². The van der Waals surface area contributed by atoms with Crippen LogP contribution in [0.1, 0.15) is 40.5 Å². The van der Waals surface area contributed by atoms with E-state index < -0.39 is 0 Å². The monoisotopic (exact) mass is 218 g/mol. The zero-order valence-electron chi connectivity index (χ0n) is 9.76. The molecule has 0 aliphatic heterocycles. The van der Waals surface area contributed by atoms with Crippen LogP contribution < -0.4 is 0 Å². The highest BCUT2D eigenvalue weighted by Gasteiger charge is 2.13. The van der Waals surface area contributed by atoms with E-state index in [-0.39, 0.29) is 11.4 Å². The second-order valence-electron chi connectivity index (χ2n) is 4.58. The highest BCUT2D eigenvalue weighted by atomic mass is 32.2. The summed E-state index contributed by atoms with van der Waals surface area (Å²) in [6, 6.07) is 0. The average Bonchev–Trinajstić information content (AvgIpc) is 2.08. The van der Waals surface area contributed by atoms with Gasteiger partial charge in [-0.2, -0.15) is 11.8 Å². The zero-order chi connectivity index (χ0) is 11.0. The normalized spacial score (nSPS) is 11.4. The fourth-order valence-electron chi connectivity index (χ4n) is 0.771. The van der Waals surface area contributed by atoms with E-state index in [9.17, 15) is 4.79 Å². The SMILES string of the molecule is CCCSCCC(=O)OCC(C)(C)C. The Bertz CT molecular complexity index is 161. The molecule has 0 spiro atoms. The summed E-state index contributed by atoms with van der Waals surface area (Å²) in [6.07, 6.45) is 1.71. The molecule has 84 valence electrons. The first kappa shape index (κ1) is 13.8. The van der Waals surface area contributed by atoms with Crippen molar-refractivity contribution >= 4 is 17.7 Å². The quantitative estimate of drug-likeness (QED) is 0.506. The van der Waals surface area contributed by atoms with E-state index in [1.165, 1.54) is 6.42 Å². The van der Waals surface area contributed by atoms with Crippen LogP contribution in [0.2, 0.25) is 0 Å². The molecule has 0 aliphatic carbocycles. The fraction of sp³-hybridized carbons (Fsp3) is 0.909. The smallest absolute Gasteiger partial charge is 0.306 e. The summed E-state index contributed by atoms with van der Waals surface area (Å²) in [7, 11) is 0. The van der Waals surface area contributed by atoms with E-state index in [2.05, 4.69) is 27.7 Å². The first-order valence-corrected chi connectivity index (χ1v) is 6.34. The van der Waals surface area contributed by atoms with Crippen LogP contribution in [-0.2, 0) is 9.53 Å². The van der Waals surface area contributed by atoms with E-state index >= 15 is 0 Å². The number of hydrogen-bond donors (Lipinski definition) is 0. The number of esters is 1. The lowest BCUT2D eigenvalue weighted by Crippen LogP contribution is -2.18. The molecule has 0 rings (SSSR count). The van der Waals surface area contributed by atoms with Crippen LogP contribution in [0.25, 0.3) is 0 Å². The minimum Gasteiger partial charge on any atom is -0.465 e. The lowest BCUT2D eigenvalue weighted by Gasteiger charge is -2.17. The van der Waals surface area contributed by atoms with Gasteiger partial charge < -0.3 is 4.74 Å². The standard InChI is InChI=1S/C11H22O2S/c1-5-7-14-8-6-10(12)13-9-11(2,3)4/h5-9H2,1-4H3. The Balaban J connectivity index is 3.38. The molecule has 0 aromatic heterocycles. The van der Waals surface area contributed by atoms with Gasteiger partial charge in [0.2, 0.25) is 0 Å². The van der Waals surface area contributed by atoms with Crippen LogP contribution in [0.3, 0.4) is 0 Å². The molecule has 0 unspecified atom stereocenters. The maximum atomic E-state index is 11.2. The van der Waals surface area contributed by atoms with Crippen molar-refractivity contribution in [2.45, 2.75) is 40.5 Å². The molecule has 0 N–H and O–H groups in total. The molecular formula is C11H22O2S. The summed E-state index contributed by atoms with van der Waals surface area (Å²) in [5.74, 6) is 1.95. The van der Waals surface area contributed by atoms with Gasteiger partial charge in [0.15, 0.2) is 0 Å². The molecule has 0 saturated heterocycles. The van der Waals surface area contributed by atoms with Gasteiger partial charge in [0.1, 0.15) is 0 Å². The summed E-state index contributed by atoms with van der Waals surface area (Å²) in [5, 5.41) is 0. The molecule has 0 atom stereocenters. The van der Waals surface area contributed by atoms with Gasteiger partial charge in [-0.25, -0.2) is 0 Å². The van der Waals surface area contributed by atoms with Crippen LogP contribution in [-0.4, -0.2) is 24.1 Å². The predicted octanol–water partition coefficient (Wildman–Crippen LogP) is 3.11. The second-order valence-corrected chi connectivity index (χ2v) is 5.81.